The molecule has 0 aromatic heterocycles. The molecule has 4 nitrogen and oxygen atoms in total. The fraction of sp³-hybridized carbons (Fsp3) is 0.682. The second-order valence-electron chi connectivity index (χ2n) is 8.25. The van der Waals surface area contributed by atoms with Gasteiger partial charge in [-0.1, -0.05) is 36.6 Å². The van der Waals surface area contributed by atoms with Crippen molar-refractivity contribution >= 4 is 5.91 Å². The Morgan fingerprint density at radius 1 is 1.12 bits per heavy atom. The minimum atomic E-state index is 0.0596. The second kappa shape index (κ2) is 9.01. The van der Waals surface area contributed by atoms with Gasteiger partial charge in [0.1, 0.15) is 0 Å². The summed E-state index contributed by atoms with van der Waals surface area (Å²) in [6, 6.07) is 7.31. The molecule has 4 heteroatoms. The molecule has 0 bridgehead atoms. The van der Waals surface area contributed by atoms with Crippen LogP contribution in [0.3, 0.4) is 0 Å². The number of benzene rings is 1. The summed E-state index contributed by atoms with van der Waals surface area (Å²) < 4.78 is 0. The minimum absolute atomic E-state index is 0.0596. The lowest BCUT2D eigenvalue weighted by atomic mass is 10.00. The molecule has 1 aliphatic heterocycles. The van der Waals surface area contributed by atoms with E-state index in [2.05, 4.69) is 54.1 Å². The van der Waals surface area contributed by atoms with E-state index in [1.54, 1.807) is 0 Å². The predicted molar refractivity (Wildman–Crippen MR) is 107 cm³/mol. The molecule has 2 aliphatic rings. The van der Waals surface area contributed by atoms with Crippen LogP contribution in [0.4, 0.5) is 0 Å². The average molecular weight is 358 g/mol. The summed E-state index contributed by atoms with van der Waals surface area (Å²) in [5, 5.41) is 3.20. The number of nitrogens with zero attached hydrogens (tertiary/aromatic N) is 2. The molecule has 1 aromatic rings. The van der Waals surface area contributed by atoms with E-state index < -0.39 is 0 Å². The van der Waals surface area contributed by atoms with E-state index in [4.69, 9.17) is 0 Å². The molecule has 1 aliphatic carbocycles. The summed E-state index contributed by atoms with van der Waals surface area (Å²) in [6.07, 6.45) is 6.70. The van der Waals surface area contributed by atoms with Crippen molar-refractivity contribution in [3.8, 4) is 0 Å². The number of aryl methyl sites for hydroxylation is 2. The van der Waals surface area contributed by atoms with Crippen LogP contribution in [0.5, 0.6) is 0 Å². The molecular formula is C22H35N3O. The molecule has 3 rings (SSSR count). The van der Waals surface area contributed by atoms with Crippen molar-refractivity contribution in [2.75, 3.05) is 32.7 Å². The highest BCUT2D eigenvalue weighted by molar-refractivity contribution is 5.78. The van der Waals surface area contributed by atoms with Crippen molar-refractivity contribution in [1.29, 1.82) is 0 Å². The third-order valence-electron chi connectivity index (χ3n) is 6.11. The first kappa shape index (κ1) is 19.4. The summed E-state index contributed by atoms with van der Waals surface area (Å²) in [5.74, 6) is 0.146. The van der Waals surface area contributed by atoms with Gasteiger partial charge < -0.3 is 5.32 Å². The highest BCUT2D eigenvalue weighted by Gasteiger charge is 2.25. The first-order valence-corrected chi connectivity index (χ1v) is 10.4. The maximum absolute atomic E-state index is 12.6. The third-order valence-corrected chi connectivity index (χ3v) is 6.11. The quantitative estimate of drug-likeness (QED) is 0.877. The number of hydrogen-bond donors (Lipinski definition) is 1. The smallest absolute Gasteiger partial charge is 0.234 e. The van der Waals surface area contributed by atoms with Crippen LogP contribution in [0.15, 0.2) is 18.2 Å². The lowest BCUT2D eigenvalue weighted by Gasteiger charge is -2.27. The number of nitrogens with one attached hydrogen (secondary N) is 1. The molecule has 1 heterocycles. The molecule has 2 fully saturated rings. The molecule has 0 radical (unpaired) electrons. The first-order valence-electron chi connectivity index (χ1n) is 10.4. The Bertz CT molecular complexity index is 609. The van der Waals surface area contributed by atoms with E-state index in [0.717, 1.165) is 25.7 Å². The fourth-order valence-corrected chi connectivity index (χ4v) is 4.58. The van der Waals surface area contributed by atoms with Gasteiger partial charge in [-0.15, -0.1) is 0 Å². The van der Waals surface area contributed by atoms with Crippen LogP contribution >= 0.6 is 0 Å². The molecular weight excluding hydrogens is 322 g/mol. The second-order valence-corrected chi connectivity index (χ2v) is 8.25. The van der Waals surface area contributed by atoms with Gasteiger partial charge in [0, 0.05) is 19.1 Å². The third kappa shape index (κ3) is 5.08. The van der Waals surface area contributed by atoms with Crippen molar-refractivity contribution in [2.45, 2.75) is 65.0 Å². The summed E-state index contributed by atoms with van der Waals surface area (Å²) in [6.45, 7) is 11.2. The molecule has 1 atom stereocenters. The van der Waals surface area contributed by atoms with Crippen LogP contribution in [-0.4, -0.2) is 54.5 Å². The van der Waals surface area contributed by atoms with E-state index >= 15 is 0 Å². The van der Waals surface area contributed by atoms with Gasteiger partial charge in [-0.25, -0.2) is 0 Å². The monoisotopic (exact) mass is 357 g/mol. The Hall–Kier alpha value is -1.39. The molecule has 1 aromatic carbocycles. The van der Waals surface area contributed by atoms with E-state index in [9.17, 15) is 4.79 Å². The number of amides is 1. The Balaban J connectivity index is 1.49. The number of rotatable bonds is 5. The normalized spacial score (nSPS) is 21.5. The van der Waals surface area contributed by atoms with Gasteiger partial charge in [-0.2, -0.15) is 0 Å². The van der Waals surface area contributed by atoms with Crippen molar-refractivity contribution in [3.63, 3.8) is 0 Å². The van der Waals surface area contributed by atoms with E-state index in [1.165, 1.54) is 55.3 Å². The largest absolute Gasteiger partial charge is 0.348 e. The number of carbonyl (C=O) groups excluding carboxylic acids is 1. The Labute approximate surface area is 158 Å². The minimum Gasteiger partial charge on any atom is -0.348 e. The molecule has 1 N–H and O–H groups in total. The summed E-state index contributed by atoms with van der Waals surface area (Å²) in [7, 11) is 0. The van der Waals surface area contributed by atoms with E-state index in [-0.39, 0.29) is 11.9 Å². The van der Waals surface area contributed by atoms with Gasteiger partial charge in [-0.05, 0) is 64.3 Å². The van der Waals surface area contributed by atoms with Gasteiger partial charge in [0.15, 0.2) is 0 Å². The zero-order valence-corrected chi connectivity index (χ0v) is 16.8. The maximum atomic E-state index is 12.6. The number of hydrogen-bond acceptors (Lipinski definition) is 3. The molecule has 26 heavy (non-hydrogen) atoms. The lowest BCUT2D eigenvalue weighted by molar-refractivity contribution is -0.122. The van der Waals surface area contributed by atoms with Gasteiger partial charge in [-0.3, -0.25) is 14.6 Å². The van der Waals surface area contributed by atoms with Gasteiger partial charge in [0.25, 0.3) is 0 Å². The van der Waals surface area contributed by atoms with Crippen LogP contribution in [-0.2, 0) is 4.79 Å². The van der Waals surface area contributed by atoms with Crippen LogP contribution in [0.1, 0.15) is 61.8 Å². The molecule has 0 unspecified atom stereocenters. The van der Waals surface area contributed by atoms with Crippen molar-refractivity contribution < 1.29 is 4.79 Å². The van der Waals surface area contributed by atoms with Crippen LogP contribution in [0.2, 0.25) is 0 Å². The molecule has 1 saturated carbocycles. The van der Waals surface area contributed by atoms with Crippen molar-refractivity contribution in [1.82, 2.24) is 15.1 Å². The Kier molecular flexibility index (Phi) is 6.71. The predicted octanol–water partition coefficient (Wildman–Crippen LogP) is 3.43. The SMILES string of the molecule is Cc1ccc(C)c([C@H](C)NC(=O)CN2CCCN(C3CCCC3)CC2)c1. The highest BCUT2D eigenvalue weighted by Crippen LogP contribution is 2.24. The van der Waals surface area contributed by atoms with Gasteiger partial charge in [0.05, 0.1) is 12.6 Å². The Morgan fingerprint density at radius 2 is 1.88 bits per heavy atom. The van der Waals surface area contributed by atoms with Crippen molar-refractivity contribution in [2.24, 2.45) is 0 Å². The summed E-state index contributed by atoms with van der Waals surface area (Å²) in [5.41, 5.74) is 3.71. The van der Waals surface area contributed by atoms with E-state index in [0.29, 0.717) is 6.54 Å². The maximum Gasteiger partial charge on any atom is 0.234 e. The molecule has 144 valence electrons. The average Bonchev–Trinajstić information content (AvgIpc) is 3.04. The first-order chi connectivity index (χ1) is 12.5. The highest BCUT2D eigenvalue weighted by atomic mass is 16.2. The van der Waals surface area contributed by atoms with Crippen LogP contribution in [0, 0.1) is 13.8 Å². The summed E-state index contributed by atoms with van der Waals surface area (Å²) in [4.78, 5) is 17.6. The van der Waals surface area contributed by atoms with Gasteiger partial charge >= 0.3 is 0 Å². The fourth-order valence-electron chi connectivity index (χ4n) is 4.58. The topological polar surface area (TPSA) is 35.6 Å². The lowest BCUT2D eigenvalue weighted by Crippen LogP contribution is -2.41. The van der Waals surface area contributed by atoms with Crippen LogP contribution in [0.25, 0.3) is 0 Å². The Morgan fingerprint density at radius 3 is 2.65 bits per heavy atom. The van der Waals surface area contributed by atoms with Crippen LogP contribution < -0.4 is 5.32 Å². The van der Waals surface area contributed by atoms with E-state index in [1.807, 2.05) is 0 Å². The van der Waals surface area contributed by atoms with Crippen molar-refractivity contribution in [3.05, 3.63) is 34.9 Å². The molecule has 1 saturated heterocycles. The number of carbonyl (C=O) groups is 1. The standard InChI is InChI=1S/C22H35N3O/c1-17-9-10-18(2)21(15-17)19(3)23-22(26)16-24-11-6-12-25(14-13-24)20-7-4-5-8-20/h9-10,15,19-20H,4-8,11-14,16H2,1-3H3,(H,23,26)/t19-/m0/s1. The summed E-state index contributed by atoms with van der Waals surface area (Å²) >= 11 is 0. The zero-order chi connectivity index (χ0) is 18.5. The molecule has 0 spiro atoms. The molecule has 1 amide bonds. The zero-order valence-electron chi connectivity index (χ0n) is 16.8. The van der Waals surface area contributed by atoms with Gasteiger partial charge in [0.2, 0.25) is 5.91 Å².